The highest BCUT2D eigenvalue weighted by atomic mass is 19.1. The van der Waals surface area contributed by atoms with E-state index in [-0.39, 0.29) is 43.2 Å². The van der Waals surface area contributed by atoms with Gasteiger partial charge in [0.15, 0.2) is 5.69 Å². The number of carbonyl (C=O) groups excluding carboxylic acids is 1. The number of hydrogen-bond acceptors (Lipinski definition) is 5. The third kappa shape index (κ3) is 3.49. The number of amides is 1. The summed E-state index contributed by atoms with van der Waals surface area (Å²) in [7, 11) is 1.53. The first-order valence-corrected chi connectivity index (χ1v) is 8.11. The van der Waals surface area contributed by atoms with Crippen molar-refractivity contribution in [3.63, 3.8) is 0 Å². The van der Waals surface area contributed by atoms with E-state index < -0.39 is 11.6 Å². The normalized spacial score (nSPS) is 16.2. The van der Waals surface area contributed by atoms with Crippen molar-refractivity contribution in [2.24, 2.45) is 0 Å². The van der Waals surface area contributed by atoms with Crippen LogP contribution in [0.2, 0.25) is 0 Å². The smallest absolute Gasteiger partial charge is 0.356 e. The molecule has 1 saturated heterocycles. The number of ether oxygens (including phenoxy) is 1. The van der Waals surface area contributed by atoms with Crippen LogP contribution in [0, 0.1) is 0 Å². The first-order chi connectivity index (χ1) is 12.4. The molecule has 3 rings (SSSR count). The molecule has 0 radical (unpaired) electrons. The number of carboxylic acid groups (broad SMARTS) is 1. The van der Waals surface area contributed by atoms with E-state index in [1.54, 1.807) is 24.3 Å². The summed E-state index contributed by atoms with van der Waals surface area (Å²) in [4.78, 5) is 32.3. The molecule has 0 bridgehead atoms. The van der Waals surface area contributed by atoms with Crippen molar-refractivity contribution in [1.29, 1.82) is 0 Å². The van der Waals surface area contributed by atoms with E-state index in [4.69, 9.17) is 9.84 Å². The number of nitrogens with zero attached hydrogens (tertiary/aromatic N) is 3. The van der Waals surface area contributed by atoms with Crippen molar-refractivity contribution in [2.75, 3.05) is 20.2 Å². The molecule has 1 aliphatic rings. The minimum absolute atomic E-state index is 0.0442. The third-order valence-electron chi connectivity index (χ3n) is 4.52. The van der Waals surface area contributed by atoms with Crippen molar-refractivity contribution in [2.45, 2.75) is 18.5 Å². The predicted molar refractivity (Wildman–Crippen MR) is 89.9 cm³/mol. The summed E-state index contributed by atoms with van der Waals surface area (Å²) in [5.41, 5.74) is -1.18. The van der Waals surface area contributed by atoms with Gasteiger partial charge in [0.2, 0.25) is 0 Å². The van der Waals surface area contributed by atoms with E-state index in [9.17, 15) is 9.59 Å². The van der Waals surface area contributed by atoms with Crippen LogP contribution in [0.5, 0.6) is 5.75 Å². The van der Waals surface area contributed by atoms with Gasteiger partial charge in [-0.25, -0.2) is 19.2 Å². The van der Waals surface area contributed by atoms with Crippen LogP contribution in [0.4, 0.5) is 4.39 Å². The zero-order valence-corrected chi connectivity index (χ0v) is 14.2. The highest BCUT2D eigenvalue weighted by molar-refractivity contribution is 5.92. The Hall–Kier alpha value is -3.03. The number of benzene rings is 1. The molecule has 0 aliphatic carbocycles. The Labute approximate surface area is 149 Å². The van der Waals surface area contributed by atoms with Crippen LogP contribution >= 0.6 is 0 Å². The molecule has 1 aromatic heterocycles. The van der Waals surface area contributed by atoms with Crippen LogP contribution in [0.25, 0.3) is 0 Å². The molecular formula is C18H18FN3O4. The van der Waals surface area contributed by atoms with Crippen LogP contribution in [-0.2, 0) is 5.67 Å². The molecule has 2 aromatic rings. The molecule has 1 N–H and O–H groups in total. The first-order valence-electron chi connectivity index (χ1n) is 8.11. The van der Waals surface area contributed by atoms with Crippen LogP contribution in [0.3, 0.4) is 0 Å². The lowest BCUT2D eigenvalue weighted by atomic mass is 9.86. The fraction of sp³-hybridized carbons (Fsp3) is 0.333. The van der Waals surface area contributed by atoms with Crippen LogP contribution < -0.4 is 4.74 Å². The number of carboxylic acids is 1. The zero-order valence-electron chi connectivity index (χ0n) is 14.2. The van der Waals surface area contributed by atoms with Gasteiger partial charge < -0.3 is 14.7 Å². The summed E-state index contributed by atoms with van der Waals surface area (Å²) in [6.45, 7) is 0.462. The Morgan fingerprint density at radius 1 is 1.19 bits per heavy atom. The van der Waals surface area contributed by atoms with Gasteiger partial charge in [-0.15, -0.1) is 0 Å². The van der Waals surface area contributed by atoms with Gasteiger partial charge in [-0.2, -0.15) is 0 Å². The minimum Gasteiger partial charge on any atom is -0.497 e. The lowest BCUT2D eigenvalue weighted by molar-refractivity contribution is 0.0415. The molecule has 0 atom stereocenters. The fourth-order valence-corrected chi connectivity index (χ4v) is 2.97. The number of carbonyl (C=O) groups is 2. The second-order valence-electron chi connectivity index (χ2n) is 6.08. The predicted octanol–water partition coefficient (Wildman–Crippen LogP) is 2.28. The van der Waals surface area contributed by atoms with Crippen LogP contribution in [0.1, 0.15) is 39.4 Å². The molecule has 1 aromatic carbocycles. The maximum Gasteiger partial charge on any atom is 0.356 e. The number of hydrogen-bond donors (Lipinski definition) is 1. The van der Waals surface area contributed by atoms with Crippen molar-refractivity contribution < 1.29 is 23.8 Å². The Balaban J connectivity index is 1.69. The van der Waals surface area contributed by atoms with Gasteiger partial charge in [0.1, 0.15) is 17.1 Å². The highest BCUT2D eigenvalue weighted by Gasteiger charge is 2.38. The number of aromatic nitrogens is 2. The van der Waals surface area contributed by atoms with Gasteiger partial charge in [0.25, 0.3) is 5.91 Å². The molecule has 7 nitrogen and oxygen atoms in total. The Morgan fingerprint density at radius 2 is 1.85 bits per heavy atom. The molecular weight excluding hydrogens is 341 g/mol. The molecule has 0 unspecified atom stereocenters. The van der Waals surface area contributed by atoms with Gasteiger partial charge >= 0.3 is 5.97 Å². The average molecular weight is 359 g/mol. The number of likely N-dealkylation sites (tertiary alicyclic amines) is 1. The molecule has 2 heterocycles. The molecule has 26 heavy (non-hydrogen) atoms. The number of piperidine rings is 1. The Bertz CT molecular complexity index is 817. The summed E-state index contributed by atoms with van der Waals surface area (Å²) in [6.07, 6.45) is 2.49. The van der Waals surface area contributed by atoms with Gasteiger partial charge in [-0.1, -0.05) is 12.1 Å². The maximum atomic E-state index is 15.3. The van der Waals surface area contributed by atoms with Crippen molar-refractivity contribution in [3.8, 4) is 5.75 Å². The second kappa shape index (κ2) is 7.07. The highest BCUT2D eigenvalue weighted by Crippen LogP contribution is 2.38. The molecule has 0 spiro atoms. The summed E-state index contributed by atoms with van der Waals surface area (Å²) in [5, 5.41) is 8.82. The third-order valence-corrected chi connectivity index (χ3v) is 4.52. The largest absolute Gasteiger partial charge is 0.497 e. The zero-order chi connectivity index (χ0) is 18.7. The summed E-state index contributed by atoms with van der Waals surface area (Å²) < 4.78 is 20.5. The molecule has 0 saturated carbocycles. The number of rotatable bonds is 4. The number of halogens is 1. The Morgan fingerprint density at radius 3 is 2.42 bits per heavy atom. The summed E-state index contributed by atoms with van der Waals surface area (Å²) in [5.74, 6) is -1.01. The Kier molecular flexibility index (Phi) is 4.83. The molecule has 8 heteroatoms. The minimum atomic E-state index is -1.52. The van der Waals surface area contributed by atoms with Gasteiger partial charge in [0.05, 0.1) is 19.5 Å². The topological polar surface area (TPSA) is 92.6 Å². The number of alkyl halides is 1. The summed E-state index contributed by atoms with van der Waals surface area (Å²) >= 11 is 0. The van der Waals surface area contributed by atoms with E-state index in [2.05, 4.69) is 9.97 Å². The van der Waals surface area contributed by atoms with Crippen LogP contribution in [0.15, 0.2) is 36.7 Å². The lowest BCUT2D eigenvalue weighted by Gasteiger charge is -2.36. The fourth-order valence-electron chi connectivity index (χ4n) is 2.97. The van der Waals surface area contributed by atoms with Crippen molar-refractivity contribution in [1.82, 2.24) is 14.9 Å². The van der Waals surface area contributed by atoms with Crippen molar-refractivity contribution in [3.05, 3.63) is 53.6 Å². The molecule has 1 aliphatic heterocycles. The van der Waals surface area contributed by atoms with Gasteiger partial charge in [-0.3, -0.25) is 4.79 Å². The van der Waals surface area contributed by atoms with Crippen LogP contribution in [-0.4, -0.2) is 52.1 Å². The SMILES string of the molecule is COc1cccc(C2(F)CCN(C(=O)c3cnc(C(=O)O)cn3)CC2)c1. The second-order valence-corrected chi connectivity index (χ2v) is 6.08. The van der Waals surface area contributed by atoms with E-state index >= 15 is 4.39 Å². The molecule has 1 fully saturated rings. The van der Waals surface area contributed by atoms with E-state index in [0.29, 0.717) is 11.3 Å². The quantitative estimate of drug-likeness (QED) is 0.900. The lowest BCUT2D eigenvalue weighted by Crippen LogP contribution is -2.43. The summed E-state index contributed by atoms with van der Waals surface area (Å²) in [6, 6.07) is 6.89. The standard InChI is InChI=1S/C18H18FN3O4/c1-26-13-4-2-3-12(9-13)18(19)5-7-22(8-6-18)16(23)14-10-21-15(11-20-14)17(24)25/h2-4,9-11H,5-8H2,1H3,(H,24,25). The number of aromatic carboxylic acids is 1. The molecule has 1 amide bonds. The maximum absolute atomic E-state index is 15.3. The van der Waals surface area contributed by atoms with E-state index in [1.165, 1.54) is 12.0 Å². The van der Waals surface area contributed by atoms with Gasteiger partial charge in [-0.05, 0) is 17.7 Å². The van der Waals surface area contributed by atoms with Crippen molar-refractivity contribution >= 4 is 11.9 Å². The van der Waals surface area contributed by atoms with E-state index in [1.807, 2.05) is 0 Å². The first kappa shape index (κ1) is 17.8. The monoisotopic (exact) mass is 359 g/mol. The average Bonchev–Trinajstić information content (AvgIpc) is 2.68. The molecule has 136 valence electrons. The number of methoxy groups -OCH3 is 1. The van der Waals surface area contributed by atoms with E-state index in [0.717, 1.165) is 12.4 Å². The van der Waals surface area contributed by atoms with Gasteiger partial charge in [0, 0.05) is 25.9 Å².